The van der Waals surface area contributed by atoms with Gasteiger partial charge in [0.05, 0.1) is 0 Å². The third-order valence-corrected chi connectivity index (χ3v) is 4.18. The number of hydrogen-bond donors (Lipinski definition) is 3. The van der Waals surface area contributed by atoms with Crippen LogP contribution < -0.4 is 10.6 Å². The maximum Gasteiger partial charge on any atom is 0.407 e. The molecule has 2 amide bonds. The first-order valence-electron chi connectivity index (χ1n) is 8.44. The van der Waals surface area contributed by atoms with E-state index in [1.165, 1.54) is 0 Å². The van der Waals surface area contributed by atoms with Crippen LogP contribution in [0, 0.1) is 5.92 Å². The summed E-state index contributed by atoms with van der Waals surface area (Å²) < 4.78 is 4.97. The second-order valence-electron chi connectivity index (χ2n) is 6.19. The van der Waals surface area contributed by atoms with E-state index in [1.807, 2.05) is 18.2 Å². The number of ketones is 1. The summed E-state index contributed by atoms with van der Waals surface area (Å²) >= 11 is 0. The summed E-state index contributed by atoms with van der Waals surface area (Å²) in [6, 6.07) is 7.91. The number of benzene rings is 1. The molecule has 140 valence electrons. The minimum Gasteiger partial charge on any atom is -0.480 e. The molecule has 26 heavy (non-hydrogen) atoms. The van der Waals surface area contributed by atoms with E-state index in [1.54, 1.807) is 12.1 Å². The highest BCUT2D eigenvalue weighted by Gasteiger charge is 2.33. The first-order valence-corrected chi connectivity index (χ1v) is 8.44. The lowest BCUT2D eigenvalue weighted by molar-refractivity contribution is -0.144. The van der Waals surface area contributed by atoms with Crippen LogP contribution in [0.2, 0.25) is 0 Å². The highest BCUT2D eigenvalue weighted by Crippen LogP contribution is 2.24. The molecular formula is C18H22N2O6. The number of amides is 2. The van der Waals surface area contributed by atoms with Crippen LogP contribution in [0.25, 0.3) is 0 Å². The predicted molar refractivity (Wildman–Crippen MR) is 91.2 cm³/mol. The Morgan fingerprint density at radius 3 is 2.62 bits per heavy atom. The van der Waals surface area contributed by atoms with Crippen molar-refractivity contribution in [2.75, 3.05) is 6.54 Å². The molecule has 0 spiro atoms. The van der Waals surface area contributed by atoms with Crippen LogP contribution in [-0.4, -0.2) is 41.4 Å². The van der Waals surface area contributed by atoms with Crippen LogP contribution in [0.4, 0.5) is 4.79 Å². The highest BCUT2D eigenvalue weighted by molar-refractivity contribution is 5.87. The second kappa shape index (κ2) is 9.55. The molecule has 2 rings (SSSR count). The number of carbonyl (C=O) groups is 4. The van der Waals surface area contributed by atoms with E-state index in [9.17, 15) is 24.3 Å². The fourth-order valence-corrected chi connectivity index (χ4v) is 2.87. The van der Waals surface area contributed by atoms with Crippen molar-refractivity contribution in [3.05, 3.63) is 35.9 Å². The third-order valence-electron chi connectivity index (χ3n) is 4.18. The Morgan fingerprint density at radius 1 is 1.23 bits per heavy atom. The Balaban J connectivity index is 1.76. The molecule has 0 saturated heterocycles. The lowest BCUT2D eigenvalue weighted by atomic mass is 9.83. The molecule has 1 fully saturated rings. The number of carboxylic acid groups (broad SMARTS) is 1. The Morgan fingerprint density at radius 2 is 1.96 bits per heavy atom. The fourth-order valence-electron chi connectivity index (χ4n) is 2.87. The molecule has 1 aliphatic rings. The normalized spacial score (nSPS) is 17.8. The molecule has 3 N–H and O–H groups in total. The average Bonchev–Trinajstić information content (AvgIpc) is 2.63. The number of Topliss-reactive ketones (excluding diaryl/α,β-unsaturated/α-hetero) is 1. The molecule has 0 aromatic heterocycles. The summed E-state index contributed by atoms with van der Waals surface area (Å²) in [6.45, 7) is -0.339. The second-order valence-corrected chi connectivity index (χ2v) is 6.19. The van der Waals surface area contributed by atoms with Crippen molar-refractivity contribution in [1.29, 1.82) is 0 Å². The van der Waals surface area contributed by atoms with E-state index in [4.69, 9.17) is 4.74 Å². The fraction of sp³-hybridized carbons (Fsp3) is 0.444. The summed E-state index contributed by atoms with van der Waals surface area (Å²) in [6.07, 6.45) is 1.00. The van der Waals surface area contributed by atoms with Crippen molar-refractivity contribution in [3.63, 3.8) is 0 Å². The van der Waals surface area contributed by atoms with Crippen molar-refractivity contribution in [1.82, 2.24) is 10.6 Å². The SMILES string of the molecule is O=C1CCC[C@H]([C@H](NC(=O)CNC(=O)OCc2ccccc2)C(=O)O)C1. The van der Waals surface area contributed by atoms with Gasteiger partial charge in [0, 0.05) is 12.8 Å². The third kappa shape index (κ3) is 6.19. The first-order chi connectivity index (χ1) is 12.5. The maximum absolute atomic E-state index is 11.9. The van der Waals surface area contributed by atoms with Crippen molar-refractivity contribution in [3.8, 4) is 0 Å². The van der Waals surface area contributed by atoms with Gasteiger partial charge in [-0.05, 0) is 24.3 Å². The van der Waals surface area contributed by atoms with Gasteiger partial charge in [0.1, 0.15) is 25.0 Å². The van der Waals surface area contributed by atoms with Crippen LogP contribution in [0.15, 0.2) is 30.3 Å². The molecule has 1 aromatic rings. The molecule has 0 unspecified atom stereocenters. The molecule has 8 heteroatoms. The summed E-state index contributed by atoms with van der Waals surface area (Å²) in [5.74, 6) is -2.26. The van der Waals surface area contributed by atoms with E-state index in [-0.39, 0.29) is 18.8 Å². The van der Waals surface area contributed by atoms with Gasteiger partial charge in [0.15, 0.2) is 0 Å². The molecule has 1 aliphatic carbocycles. The van der Waals surface area contributed by atoms with Gasteiger partial charge in [-0.1, -0.05) is 30.3 Å². The topological polar surface area (TPSA) is 122 Å². The lowest BCUT2D eigenvalue weighted by Gasteiger charge is -2.27. The van der Waals surface area contributed by atoms with E-state index < -0.39 is 36.5 Å². The van der Waals surface area contributed by atoms with Crippen molar-refractivity contribution < 1.29 is 29.0 Å². The Labute approximate surface area is 150 Å². The molecule has 2 atom stereocenters. The molecule has 0 radical (unpaired) electrons. The molecular weight excluding hydrogens is 340 g/mol. The maximum atomic E-state index is 11.9. The monoisotopic (exact) mass is 362 g/mol. The van der Waals surface area contributed by atoms with Gasteiger partial charge < -0.3 is 20.5 Å². The lowest BCUT2D eigenvalue weighted by Crippen LogP contribution is -2.50. The van der Waals surface area contributed by atoms with Crippen molar-refractivity contribution >= 4 is 23.8 Å². The summed E-state index contributed by atoms with van der Waals surface area (Å²) in [5, 5.41) is 14.0. The van der Waals surface area contributed by atoms with Gasteiger partial charge >= 0.3 is 12.1 Å². The number of aliphatic carboxylic acids is 1. The molecule has 1 saturated carbocycles. The first kappa shape index (κ1) is 19.4. The Hall–Kier alpha value is -2.90. The highest BCUT2D eigenvalue weighted by atomic mass is 16.5. The minimum atomic E-state index is -1.19. The van der Waals surface area contributed by atoms with Gasteiger partial charge in [-0.3, -0.25) is 9.59 Å². The smallest absolute Gasteiger partial charge is 0.407 e. The zero-order valence-electron chi connectivity index (χ0n) is 14.3. The summed E-state index contributed by atoms with van der Waals surface area (Å²) in [7, 11) is 0. The van der Waals surface area contributed by atoms with Crippen LogP contribution in [0.1, 0.15) is 31.2 Å². The zero-order valence-corrected chi connectivity index (χ0v) is 14.3. The number of carbonyl (C=O) groups excluding carboxylic acids is 3. The van der Waals surface area contributed by atoms with Gasteiger partial charge in [-0.15, -0.1) is 0 Å². The van der Waals surface area contributed by atoms with Crippen molar-refractivity contribution in [2.45, 2.75) is 38.3 Å². The van der Waals surface area contributed by atoms with Gasteiger partial charge in [-0.25, -0.2) is 9.59 Å². The molecule has 0 bridgehead atoms. The zero-order chi connectivity index (χ0) is 18.9. The number of alkyl carbamates (subject to hydrolysis) is 1. The number of rotatable bonds is 7. The number of carboxylic acids is 1. The number of nitrogens with one attached hydrogen (secondary N) is 2. The number of hydrogen-bond acceptors (Lipinski definition) is 5. The van der Waals surface area contributed by atoms with Gasteiger partial charge in [0.25, 0.3) is 0 Å². The Kier molecular flexibility index (Phi) is 7.13. The van der Waals surface area contributed by atoms with E-state index in [2.05, 4.69) is 10.6 Å². The molecule has 8 nitrogen and oxygen atoms in total. The van der Waals surface area contributed by atoms with Crippen LogP contribution in [-0.2, 0) is 25.7 Å². The summed E-state index contributed by atoms with van der Waals surface area (Å²) in [5.41, 5.74) is 0.806. The van der Waals surface area contributed by atoms with Crippen LogP contribution >= 0.6 is 0 Å². The van der Waals surface area contributed by atoms with E-state index in [0.717, 1.165) is 5.56 Å². The standard InChI is InChI=1S/C18H22N2O6/c21-14-8-4-7-13(9-14)16(17(23)24)20-15(22)10-19-18(25)26-11-12-5-2-1-3-6-12/h1-3,5-6,13,16H,4,7-11H2,(H,19,25)(H,20,22)(H,23,24)/t13-,16-/m0/s1. The van der Waals surface area contributed by atoms with Crippen LogP contribution in [0.5, 0.6) is 0 Å². The van der Waals surface area contributed by atoms with Gasteiger partial charge in [0.2, 0.25) is 5.91 Å². The predicted octanol–water partition coefficient (Wildman–Crippen LogP) is 1.24. The average molecular weight is 362 g/mol. The molecule has 0 aliphatic heterocycles. The molecule has 0 heterocycles. The molecule has 1 aromatic carbocycles. The van der Waals surface area contributed by atoms with Gasteiger partial charge in [-0.2, -0.15) is 0 Å². The van der Waals surface area contributed by atoms with E-state index >= 15 is 0 Å². The van der Waals surface area contributed by atoms with Crippen LogP contribution in [0.3, 0.4) is 0 Å². The largest absolute Gasteiger partial charge is 0.480 e. The quantitative estimate of drug-likeness (QED) is 0.671. The Bertz CT molecular complexity index is 661. The number of ether oxygens (including phenoxy) is 1. The summed E-state index contributed by atoms with van der Waals surface area (Å²) in [4.78, 5) is 46.5. The van der Waals surface area contributed by atoms with E-state index in [0.29, 0.717) is 19.3 Å². The minimum absolute atomic E-state index is 0.00404. The van der Waals surface area contributed by atoms with Crippen molar-refractivity contribution in [2.24, 2.45) is 5.92 Å².